The van der Waals surface area contributed by atoms with Crippen LogP contribution in [-0.4, -0.2) is 27.2 Å². The molecule has 0 aliphatic heterocycles. The van der Waals surface area contributed by atoms with Crippen molar-refractivity contribution in [2.75, 3.05) is 18.1 Å². The average Bonchev–Trinajstić information content (AvgIpc) is 3.15. The summed E-state index contributed by atoms with van der Waals surface area (Å²) in [4.78, 5) is 11.8. The van der Waals surface area contributed by atoms with Crippen molar-refractivity contribution in [3.63, 3.8) is 0 Å². The second-order valence-electron chi connectivity index (χ2n) is 5.50. The predicted molar refractivity (Wildman–Crippen MR) is 84.4 cm³/mol. The van der Waals surface area contributed by atoms with Gasteiger partial charge in [-0.2, -0.15) is 0 Å². The molecule has 2 rings (SSSR count). The number of carbonyl (C=O) groups is 1. The first-order chi connectivity index (χ1) is 9.83. The minimum Gasteiger partial charge on any atom is -0.338 e. The molecule has 0 aromatic heterocycles. The number of halogens is 1. The second kappa shape index (κ2) is 6.66. The van der Waals surface area contributed by atoms with Gasteiger partial charge in [0.2, 0.25) is 0 Å². The Balaban J connectivity index is 1.93. The molecule has 1 saturated carbocycles. The molecule has 21 heavy (non-hydrogen) atoms. The van der Waals surface area contributed by atoms with Crippen LogP contribution in [0.5, 0.6) is 0 Å². The molecule has 116 valence electrons. The normalized spacial score (nSPS) is 14.8. The molecule has 0 unspecified atom stereocenters. The molecule has 0 saturated heterocycles. The number of hydrogen-bond acceptors (Lipinski definition) is 3. The molecule has 0 heterocycles. The van der Waals surface area contributed by atoms with Crippen LogP contribution in [0.15, 0.2) is 18.2 Å². The van der Waals surface area contributed by atoms with Crippen LogP contribution in [0.2, 0.25) is 5.02 Å². The van der Waals surface area contributed by atoms with E-state index < -0.39 is 9.84 Å². The summed E-state index contributed by atoms with van der Waals surface area (Å²) in [5, 5.41) is 5.80. The smallest absolute Gasteiger partial charge is 0.319 e. The molecule has 0 atom stereocenters. The number of benzene rings is 1. The van der Waals surface area contributed by atoms with Crippen LogP contribution in [0, 0.1) is 5.92 Å². The van der Waals surface area contributed by atoms with Crippen LogP contribution in [0.1, 0.15) is 24.8 Å². The van der Waals surface area contributed by atoms with E-state index in [9.17, 15) is 13.2 Å². The van der Waals surface area contributed by atoms with E-state index in [1.807, 2.05) is 0 Å². The maximum Gasteiger partial charge on any atom is 0.319 e. The number of hydrogen-bond donors (Lipinski definition) is 2. The van der Waals surface area contributed by atoms with E-state index >= 15 is 0 Å². The minimum atomic E-state index is -3.12. The Hall–Kier alpha value is -1.27. The fourth-order valence-corrected chi connectivity index (χ4v) is 2.97. The van der Waals surface area contributed by atoms with Gasteiger partial charge in [0, 0.05) is 12.8 Å². The molecule has 5 nitrogen and oxygen atoms in total. The van der Waals surface area contributed by atoms with Gasteiger partial charge in [-0.25, -0.2) is 13.2 Å². The average molecular weight is 331 g/mol. The summed E-state index contributed by atoms with van der Waals surface area (Å²) < 4.78 is 22.6. The predicted octanol–water partition coefficient (Wildman–Crippen LogP) is 2.81. The highest BCUT2D eigenvalue weighted by molar-refractivity contribution is 7.89. The van der Waals surface area contributed by atoms with E-state index in [0.717, 1.165) is 12.3 Å². The Labute approximate surface area is 130 Å². The number of amides is 2. The Morgan fingerprint density at radius 2 is 2.10 bits per heavy atom. The first-order valence-corrected chi connectivity index (χ1v) is 9.28. The lowest BCUT2D eigenvalue weighted by Gasteiger charge is -2.10. The van der Waals surface area contributed by atoms with E-state index in [4.69, 9.17) is 11.6 Å². The van der Waals surface area contributed by atoms with E-state index in [1.54, 1.807) is 18.2 Å². The molecule has 1 aliphatic carbocycles. The third-order valence-corrected chi connectivity index (χ3v) is 4.43. The van der Waals surface area contributed by atoms with Crippen molar-refractivity contribution in [2.24, 2.45) is 5.92 Å². The van der Waals surface area contributed by atoms with Gasteiger partial charge in [-0.3, -0.25) is 0 Å². The minimum absolute atomic E-state index is 0.0812. The van der Waals surface area contributed by atoms with Gasteiger partial charge in [0.25, 0.3) is 0 Å². The molecule has 1 aliphatic rings. The van der Waals surface area contributed by atoms with Gasteiger partial charge in [0.15, 0.2) is 9.84 Å². The Bertz CT molecular complexity index is 627. The molecule has 1 aromatic carbocycles. The number of anilines is 1. The van der Waals surface area contributed by atoms with Crippen molar-refractivity contribution >= 4 is 33.2 Å². The summed E-state index contributed by atoms with van der Waals surface area (Å²) in [6, 6.07) is 4.49. The molecule has 1 fully saturated rings. The maximum atomic E-state index is 11.8. The van der Waals surface area contributed by atoms with Gasteiger partial charge in [0.05, 0.1) is 16.5 Å². The summed E-state index contributed by atoms with van der Waals surface area (Å²) in [5.41, 5.74) is 1.01. The van der Waals surface area contributed by atoms with E-state index in [1.165, 1.54) is 19.1 Å². The van der Waals surface area contributed by atoms with Crippen molar-refractivity contribution in [3.8, 4) is 0 Å². The molecule has 7 heteroatoms. The Morgan fingerprint density at radius 1 is 1.38 bits per heavy atom. The lowest BCUT2D eigenvalue weighted by molar-refractivity contribution is 0.252. The number of rotatable bonds is 6. The first-order valence-electron chi connectivity index (χ1n) is 6.84. The van der Waals surface area contributed by atoms with Crippen LogP contribution in [0.4, 0.5) is 10.5 Å². The first kappa shape index (κ1) is 16.1. The molecule has 0 bridgehead atoms. The Morgan fingerprint density at radius 3 is 2.71 bits per heavy atom. The van der Waals surface area contributed by atoms with Crippen LogP contribution in [0.3, 0.4) is 0 Å². The third kappa shape index (κ3) is 5.93. The molecule has 1 aromatic rings. The van der Waals surface area contributed by atoms with E-state index in [-0.39, 0.29) is 11.8 Å². The van der Waals surface area contributed by atoms with Gasteiger partial charge in [-0.1, -0.05) is 30.5 Å². The number of carbonyl (C=O) groups excluding carboxylic acids is 1. The lowest BCUT2D eigenvalue weighted by Crippen LogP contribution is -2.29. The summed E-state index contributed by atoms with van der Waals surface area (Å²) in [6.07, 6.45) is 4.67. The van der Waals surface area contributed by atoms with Gasteiger partial charge >= 0.3 is 6.03 Å². The fourth-order valence-electron chi connectivity index (χ4n) is 2.02. The highest BCUT2D eigenvalue weighted by Crippen LogP contribution is 2.31. The van der Waals surface area contributed by atoms with E-state index in [2.05, 4.69) is 10.6 Å². The molecule has 0 radical (unpaired) electrons. The summed E-state index contributed by atoms with van der Waals surface area (Å²) in [5.74, 6) is 0.675. The number of sulfone groups is 1. The lowest BCUT2D eigenvalue weighted by atomic mass is 10.2. The largest absolute Gasteiger partial charge is 0.338 e. The highest BCUT2D eigenvalue weighted by atomic mass is 35.5. The zero-order valence-corrected chi connectivity index (χ0v) is 13.4. The van der Waals surface area contributed by atoms with Crippen LogP contribution in [-0.2, 0) is 15.6 Å². The summed E-state index contributed by atoms with van der Waals surface area (Å²) in [7, 11) is -3.12. The van der Waals surface area contributed by atoms with Gasteiger partial charge < -0.3 is 10.6 Å². The van der Waals surface area contributed by atoms with Crippen LogP contribution < -0.4 is 10.6 Å². The van der Waals surface area contributed by atoms with Crippen molar-refractivity contribution < 1.29 is 13.2 Å². The van der Waals surface area contributed by atoms with Gasteiger partial charge in [-0.05, 0) is 30.0 Å². The maximum absolute atomic E-state index is 11.8. The van der Waals surface area contributed by atoms with Crippen LogP contribution in [0.25, 0.3) is 0 Å². The SMILES string of the molecule is CS(=O)(=O)Cc1ccc(Cl)c(NC(=O)NCCC2CC2)c1. The van der Waals surface area contributed by atoms with Crippen LogP contribution >= 0.6 is 11.6 Å². The zero-order chi connectivity index (χ0) is 15.5. The van der Waals surface area contributed by atoms with Crippen molar-refractivity contribution in [1.82, 2.24) is 5.32 Å². The highest BCUT2D eigenvalue weighted by Gasteiger charge is 2.20. The van der Waals surface area contributed by atoms with Crippen molar-refractivity contribution in [1.29, 1.82) is 0 Å². The molecular formula is C14H19ClN2O3S. The standard InChI is InChI=1S/C14H19ClN2O3S/c1-21(19,20)9-11-4-5-12(15)13(8-11)17-14(18)16-7-6-10-2-3-10/h4-5,8,10H,2-3,6-7,9H2,1H3,(H2,16,17,18). The monoisotopic (exact) mass is 330 g/mol. The van der Waals surface area contributed by atoms with Crippen molar-refractivity contribution in [3.05, 3.63) is 28.8 Å². The van der Waals surface area contributed by atoms with Gasteiger partial charge in [-0.15, -0.1) is 0 Å². The van der Waals surface area contributed by atoms with Gasteiger partial charge in [0.1, 0.15) is 0 Å². The topological polar surface area (TPSA) is 75.3 Å². The second-order valence-corrected chi connectivity index (χ2v) is 8.04. The van der Waals surface area contributed by atoms with E-state index in [0.29, 0.717) is 22.8 Å². The molecule has 0 spiro atoms. The quantitative estimate of drug-likeness (QED) is 0.842. The number of nitrogens with one attached hydrogen (secondary N) is 2. The van der Waals surface area contributed by atoms with Crippen molar-refractivity contribution in [2.45, 2.75) is 25.0 Å². The summed E-state index contributed by atoms with van der Waals surface area (Å²) in [6.45, 7) is 0.636. The zero-order valence-electron chi connectivity index (χ0n) is 11.9. The summed E-state index contributed by atoms with van der Waals surface area (Å²) >= 11 is 6.01. The fraction of sp³-hybridized carbons (Fsp3) is 0.500. The third-order valence-electron chi connectivity index (χ3n) is 3.24. The molecule has 2 N–H and O–H groups in total. The Kier molecular flexibility index (Phi) is 5.11. The molecular weight excluding hydrogens is 312 g/mol. The molecule has 2 amide bonds. The number of urea groups is 1.